The topological polar surface area (TPSA) is 29.1 Å². The van der Waals surface area contributed by atoms with E-state index in [-0.39, 0.29) is 5.91 Å². The average Bonchev–Trinajstić information content (AvgIpc) is 2.51. The second-order valence-electron chi connectivity index (χ2n) is 2.83. The molecule has 1 heterocycles. The van der Waals surface area contributed by atoms with Crippen LogP contribution in [0.4, 0.5) is 5.69 Å². The van der Waals surface area contributed by atoms with Gasteiger partial charge in [-0.3, -0.25) is 4.79 Å². The highest BCUT2D eigenvalue weighted by Gasteiger charge is 2.17. The van der Waals surface area contributed by atoms with Crippen LogP contribution >= 0.6 is 0 Å². The quantitative estimate of drug-likeness (QED) is 0.594. The molecular formula is C10H12BNO. The third-order valence-corrected chi connectivity index (χ3v) is 2.02. The van der Waals surface area contributed by atoms with Gasteiger partial charge in [-0.05, 0) is 24.1 Å². The molecule has 1 aliphatic rings. The van der Waals surface area contributed by atoms with E-state index in [4.69, 9.17) is 0 Å². The van der Waals surface area contributed by atoms with Crippen molar-refractivity contribution in [1.82, 2.24) is 0 Å². The molecule has 0 atom stereocenters. The molecule has 1 aliphatic heterocycles. The van der Waals surface area contributed by atoms with E-state index in [0.29, 0.717) is 6.42 Å². The first-order valence-electron chi connectivity index (χ1n) is 4.23. The van der Waals surface area contributed by atoms with Crippen molar-refractivity contribution in [2.45, 2.75) is 20.2 Å². The fourth-order valence-corrected chi connectivity index (χ4v) is 1.41. The van der Waals surface area contributed by atoms with Crippen LogP contribution in [0.3, 0.4) is 0 Å². The van der Waals surface area contributed by atoms with Gasteiger partial charge >= 0.3 is 0 Å². The first-order valence-corrected chi connectivity index (χ1v) is 4.23. The van der Waals surface area contributed by atoms with Gasteiger partial charge in [0.25, 0.3) is 0 Å². The highest BCUT2D eigenvalue weighted by molar-refractivity contribution is 6.05. The molecule has 1 amide bonds. The summed E-state index contributed by atoms with van der Waals surface area (Å²) in [5.41, 5.74) is 3.33. The molecule has 2 rings (SSSR count). The number of rotatable bonds is 0. The summed E-state index contributed by atoms with van der Waals surface area (Å²) in [6.07, 6.45) is 0.544. The molecule has 13 heavy (non-hydrogen) atoms. The molecule has 0 aliphatic carbocycles. The zero-order valence-electron chi connectivity index (χ0n) is 7.92. The van der Waals surface area contributed by atoms with E-state index in [0.717, 1.165) is 11.3 Å². The first kappa shape index (κ1) is 9.84. The number of anilines is 1. The Morgan fingerprint density at radius 3 is 2.69 bits per heavy atom. The Labute approximate surface area is 79.8 Å². The van der Waals surface area contributed by atoms with Gasteiger partial charge in [0.15, 0.2) is 0 Å². The molecule has 3 heteroatoms. The van der Waals surface area contributed by atoms with Crippen LogP contribution in [-0.4, -0.2) is 13.8 Å². The number of aryl methyl sites for hydroxylation is 1. The predicted octanol–water partition coefficient (Wildman–Crippen LogP) is 1.69. The molecule has 66 valence electrons. The van der Waals surface area contributed by atoms with E-state index < -0.39 is 0 Å². The number of hydrogen-bond acceptors (Lipinski definition) is 1. The summed E-state index contributed by atoms with van der Waals surface area (Å²) in [7, 11) is 4.50. The molecule has 0 bridgehead atoms. The summed E-state index contributed by atoms with van der Waals surface area (Å²) in [4.78, 5) is 10.9. The van der Waals surface area contributed by atoms with Gasteiger partial charge in [0, 0.05) is 5.69 Å². The van der Waals surface area contributed by atoms with Crippen LogP contribution in [-0.2, 0) is 11.2 Å². The summed E-state index contributed by atoms with van der Waals surface area (Å²) in [5, 5.41) is 2.80. The lowest BCUT2D eigenvalue weighted by molar-refractivity contribution is -0.115. The monoisotopic (exact) mass is 173 g/mol. The normalized spacial score (nSPS) is 12.6. The highest BCUT2D eigenvalue weighted by atomic mass is 16.1. The lowest BCUT2D eigenvalue weighted by Crippen LogP contribution is -2.03. The van der Waals surface area contributed by atoms with Crippen molar-refractivity contribution in [2.75, 3.05) is 5.32 Å². The Bertz CT molecular complexity index is 323. The molecule has 1 N–H and O–H groups in total. The summed E-state index contributed by atoms with van der Waals surface area (Å²) < 4.78 is 0. The van der Waals surface area contributed by atoms with Crippen LogP contribution in [0.5, 0.6) is 0 Å². The maximum atomic E-state index is 10.9. The Morgan fingerprint density at radius 2 is 2.08 bits per heavy atom. The van der Waals surface area contributed by atoms with Crippen LogP contribution < -0.4 is 5.32 Å². The van der Waals surface area contributed by atoms with E-state index in [1.165, 1.54) is 12.4 Å². The van der Waals surface area contributed by atoms with E-state index in [2.05, 4.69) is 13.2 Å². The van der Waals surface area contributed by atoms with Gasteiger partial charge in [0.05, 0.1) is 14.3 Å². The highest BCUT2D eigenvalue weighted by Crippen LogP contribution is 2.24. The van der Waals surface area contributed by atoms with Crippen molar-refractivity contribution in [3.05, 3.63) is 29.3 Å². The number of nitrogens with one attached hydrogen (secondary N) is 1. The minimum Gasteiger partial charge on any atom is -0.326 e. The van der Waals surface area contributed by atoms with Gasteiger partial charge in [0.1, 0.15) is 0 Å². The number of benzene rings is 1. The Hall–Kier alpha value is -1.25. The first-order chi connectivity index (χ1) is 6.27. The van der Waals surface area contributed by atoms with Crippen LogP contribution in [0.2, 0.25) is 6.82 Å². The zero-order chi connectivity index (χ0) is 9.84. The number of carbonyl (C=O) groups excluding carboxylic acids is 1. The summed E-state index contributed by atoms with van der Waals surface area (Å²) >= 11 is 0. The van der Waals surface area contributed by atoms with Crippen LogP contribution in [0.15, 0.2) is 18.2 Å². The molecule has 2 nitrogen and oxygen atoms in total. The summed E-state index contributed by atoms with van der Waals surface area (Å²) in [6.45, 7) is 3.53. The third kappa shape index (κ3) is 1.91. The molecule has 1 aromatic carbocycles. The van der Waals surface area contributed by atoms with Gasteiger partial charge in [-0.25, -0.2) is 0 Å². The van der Waals surface area contributed by atoms with E-state index in [1.807, 2.05) is 25.1 Å². The lowest BCUT2D eigenvalue weighted by Gasteiger charge is -1.99. The average molecular weight is 173 g/mol. The largest absolute Gasteiger partial charge is 0.326 e. The van der Waals surface area contributed by atoms with Crippen molar-refractivity contribution in [1.29, 1.82) is 0 Å². The lowest BCUT2D eigenvalue weighted by atomic mass is 10.1. The number of hydrogen-bond donors (Lipinski definition) is 1. The van der Waals surface area contributed by atoms with E-state index >= 15 is 0 Å². The fraction of sp³-hybridized carbons (Fsp3) is 0.300. The Morgan fingerprint density at radius 1 is 1.38 bits per heavy atom. The summed E-state index contributed by atoms with van der Waals surface area (Å²) in [5.74, 6) is 0.106. The van der Waals surface area contributed by atoms with E-state index in [1.54, 1.807) is 0 Å². The maximum Gasteiger partial charge on any atom is 0.228 e. The van der Waals surface area contributed by atoms with Crippen LogP contribution in [0.25, 0.3) is 0 Å². The number of carbonyl (C=O) groups is 1. The van der Waals surface area contributed by atoms with Gasteiger partial charge < -0.3 is 5.32 Å². The molecule has 1 aromatic rings. The standard InChI is InChI=1S/C9H9NO.CH3B/c1-6-3-2-4-8-7(6)5-9(11)10-8;1-2/h2-4H,5H2,1H3,(H,10,11);1H3. The molecular weight excluding hydrogens is 161 g/mol. The summed E-state index contributed by atoms with van der Waals surface area (Å²) in [6, 6.07) is 5.92. The molecule has 0 spiro atoms. The zero-order valence-corrected chi connectivity index (χ0v) is 7.92. The molecule has 0 saturated carbocycles. The van der Waals surface area contributed by atoms with Crippen molar-refractivity contribution in [3.8, 4) is 0 Å². The van der Waals surface area contributed by atoms with Gasteiger partial charge in [0.2, 0.25) is 5.91 Å². The minimum absolute atomic E-state index is 0.106. The Balaban J connectivity index is 0.000000396. The third-order valence-electron chi connectivity index (χ3n) is 2.02. The second-order valence-corrected chi connectivity index (χ2v) is 2.83. The van der Waals surface area contributed by atoms with Crippen molar-refractivity contribution in [3.63, 3.8) is 0 Å². The molecule has 0 aromatic heterocycles. The van der Waals surface area contributed by atoms with Gasteiger partial charge in [-0.1, -0.05) is 19.0 Å². The van der Waals surface area contributed by atoms with Crippen molar-refractivity contribution < 1.29 is 4.79 Å². The van der Waals surface area contributed by atoms with Crippen molar-refractivity contribution in [2.24, 2.45) is 0 Å². The number of amides is 1. The van der Waals surface area contributed by atoms with Crippen LogP contribution in [0.1, 0.15) is 11.1 Å². The smallest absolute Gasteiger partial charge is 0.228 e. The predicted molar refractivity (Wildman–Crippen MR) is 55.1 cm³/mol. The van der Waals surface area contributed by atoms with Crippen LogP contribution in [0, 0.1) is 6.92 Å². The fourth-order valence-electron chi connectivity index (χ4n) is 1.41. The Kier molecular flexibility index (Phi) is 3.12. The van der Waals surface area contributed by atoms with E-state index in [9.17, 15) is 4.79 Å². The molecule has 2 radical (unpaired) electrons. The van der Waals surface area contributed by atoms with Gasteiger partial charge in [-0.15, -0.1) is 0 Å². The van der Waals surface area contributed by atoms with Gasteiger partial charge in [-0.2, -0.15) is 0 Å². The molecule has 0 unspecified atom stereocenters. The maximum absolute atomic E-state index is 10.9. The number of fused-ring (bicyclic) bond motifs is 1. The SMILES string of the molecule is Cc1cccc2c1CC(=O)N2.[B]C. The minimum atomic E-state index is 0.106. The molecule has 0 saturated heterocycles. The molecule has 0 fully saturated rings. The van der Waals surface area contributed by atoms with Crippen molar-refractivity contribution >= 4 is 19.4 Å². The second kappa shape index (κ2) is 4.12.